The summed E-state index contributed by atoms with van der Waals surface area (Å²) in [5.41, 5.74) is 5.84. The van der Waals surface area contributed by atoms with Crippen molar-refractivity contribution in [2.24, 2.45) is 0 Å². The molecular formula is C16H22N2OS. The number of ether oxygens (including phenoxy) is 1. The van der Waals surface area contributed by atoms with Crippen LogP contribution >= 0.6 is 11.3 Å². The molecule has 0 bridgehead atoms. The lowest BCUT2D eigenvalue weighted by Gasteiger charge is -2.14. The number of benzene rings is 1. The van der Waals surface area contributed by atoms with Gasteiger partial charge in [-0.15, -0.1) is 11.3 Å². The molecular weight excluding hydrogens is 268 g/mol. The first-order valence-electron chi connectivity index (χ1n) is 6.77. The topological polar surface area (TPSA) is 34.2 Å². The van der Waals surface area contributed by atoms with E-state index in [-0.39, 0.29) is 6.04 Å². The second-order valence-corrected chi connectivity index (χ2v) is 6.00. The molecule has 20 heavy (non-hydrogen) atoms. The summed E-state index contributed by atoms with van der Waals surface area (Å²) in [4.78, 5) is 4.77. The average Bonchev–Trinajstić information content (AvgIpc) is 2.92. The Morgan fingerprint density at radius 3 is 2.55 bits per heavy atom. The maximum atomic E-state index is 5.48. The van der Waals surface area contributed by atoms with E-state index in [0.717, 1.165) is 22.0 Å². The van der Waals surface area contributed by atoms with E-state index in [2.05, 4.69) is 44.5 Å². The highest BCUT2D eigenvalue weighted by Crippen LogP contribution is 2.35. The fraction of sp³-hybridized carbons (Fsp3) is 0.438. The van der Waals surface area contributed by atoms with Crippen molar-refractivity contribution in [2.45, 2.75) is 33.7 Å². The lowest BCUT2D eigenvalue weighted by atomic mass is 9.97. The first-order valence-corrected chi connectivity index (χ1v) is 7.65. The van der Waals surface area contributed by atoms with Crippen molar-refractivity contribution in [2.75, 3.05) is 14.2 Å². The van der Waals surface area contributed by atoms with Gasteiger partial charge in [0, 0.05) is 10.9 Å². The Morgan fingerprint density at radius 2 is 1.95 bits per heavy atom. The minimum atomic E-state index is 0.287. The second-order valence-electron chi connectivity index (χ2n) is 5.11. The van der Waals surface area contributed by atoms with Gasteiger partial charge in [-0.3, -0.25) is 0 Å². The number of hydrogen-bond donors (Lipinski definition) is 1. The number of nitrogens with one attached hydrogen (secondary N) is 1. The van der Waals surface area contributed by atoms with Gasteiger partial charge in [0.05, 0.1) is 18.8 Å². The predicted molar refractivity (Wildman–Crippen MR) is 85.8 cm³/mol. The summed E-state index contributed by atoms with van der Waals surface area (Å²) in [6.45, 7) is 8.44. The minimum absolute atomic E-state index is 0.287. The highest BCUT2D eigenvalue weighted by atomic mass is 32.1. The maximum absolute atomic E-state index is 5.48. The molecule has 1 unspecified atom stereocenters. The molecule has 1 heterocycles. The molecule has 0 aliphatic rings. The van der Waals surface area contributed by atoms with Crippen LogP contribution in [0.2, 0.25) is 0 Å². The van der Waals surface area contributed by atoms with Crippen molar-refractivity contribution in [1.29, 1.82) is 0 Å². The minimum Gasteiger partial charge on any atom is -0.496 e. The third-order valence-corrected chi connectivity index (χ3v) is 4.86. The Morgan fingerprint density at radius 1 is 1.25 bits per heavy atom. The standard InChI is InChI=1S/C16H22N2OS/c1-9-7-13(10(2)11(3)15(9)19-6)14-8-20-16(18-14)12(4)17-5/h7-8,12,17H,1-6H3. The number of thiazole rings is 1. The van der Waals surface area contributed by atoms with Crippen molar-refractivity contribution in [3.8, 4) is 17.0 Å². The van der Waals surface area contributed by atoms with Gasteiger partial charge in [0.15, 0.2) is 0 Å². The molecule has 0 radical (unpaired) electrons. The van der Waals surface area contributed by atoms with Crippen LogP contribution in [0.25, 0.3) is 11.3 Å². The number of hydrogen-bond acceptors (Lipinski definition) is 4. The van der Waals surface area contributed by atoms with E-state index >= 15 is 0 Å². The molecule has 2 aromatic rings. The fourth-order valence-electron chi connectivity index (χ4n) is 2.37. The lowest BCUT2D eigenvalue weighted by molar-refractivity contribution is 0.408. The monoisotopic (exact) mass is 290 g/mol. The molecule has 3 nitrogen and oxygen atoms in total. The summed E-state index contributed by atoms with van der Waals surface area (Å²) in [5.74, 6) is 0.977. The van der Waals surface area contributed by atoms with E-state index in [1.165, 1.54) is 16.7 Å². The molecule has 1 aromatic carbocycles. The van der Waals surface area contributed by atoms with E-state index in [9.17, 15) is 0 Å². The van der Waals surface area contributed by atoms with Crippen LogP contribution in [0.5, 0.6) is 5.75 Å². The van der Waals surface area contributed by atoms with E-state index in [1.807, 2.05) is 7.05 Å². The van der Waals surface area contributed by atoms with Crippen molar-refractivity contribution in [1.82, 2.24) is 10.3 Å². The van der Waals surface area contributed by atoms with Gasteiger partial charge in [-0.1, -0.05) is 0 Å². The summed E-state index contributed by atoms with van der Waals surface area (Å²) < 4.78 is 5.48. The normalized spacial score (nSPS) is 12.5. The van der Waals surface area contributed by atoms with Crippen LogP contribution in [-0.2, 0) is 0 Å². The molecule has 1 aromatic heterocycles. The highest BCUT2D eigenvalue weighted by Gasteiger charge is 2.15. The molecule has 0 amide bonds. The summed E-state index contributed by atoms with van der Waals surface area (Å²) in [7, 11) is 3.68. The predicted octanol–water partition coefficient (Wildman–Crippen LogP) is 4.02. The number of aromatic nitrogens is 1. The number of methoxy groups -OCH3 is 1. The van der Waals surface area contributed by atoms with Gasteiger partial charge in [-0.05, 0) is 57.5 Å². The molecule has 1 N–H and O–H groups in total. The van der Waals surface area contributed by atoms with Gasteiger partial charge in [-0.25, -0.2) is 4.98 Å². The molecule has 2 rings (SSSR count). The van der Waals surface area contributed by atoms with Gasteiger partial charge in [-0.2, -0.15) is 0 Å². The SMILES string of the molecule is CNC(C)c1nc(-c2cc(C)c(OC)c(C)c2C)cs1. The van der Waals surface area contributed by atoms with Crippen LogP contribution in [0.4, 0.5) is 0 Å². The fourth-order valence-corrected chi connectivity index (χ4v) is 3.26. The van der Waals surface area contributed by atoms with Gasteiger partial charge in [0.25, 0.3) is 0 Å². The average molecular weight is 290 g/mol. The summed E-state index contributed by atoms with van der Waals surface area (Å²) in [5, 5.41) is 6.48. The number of nitrogens with zero attached hydrogens (tertiary/aromatic N) is 1. The maximum Gasteiger partial charge on any atom is 0.124 e. The molecule has 0 fully saturated rings. The molecule has 0 aliphatic heterocycles. The van der Waals surface area contributed by atoms with E-state index in [0.29, 0.717) is 0 Å². The van der Waals surface area contributed by atoms with Crippen LogP contribution in [-0.4, -0.2) is 19.1 Å². The van der Waals surface area contributed by atoms with Gasteiger partial charge in [0.1, 0.15) is 10.8 Å². The van der Waals surface area contributed by atoms with Crippen LogP contribution in [0.1, 0.15) is 34.7 Å². The van der Waals surface area contributed by atoms with Crippen molar-refractivity contribution >= 4 is 11.3 Å². The Bertz CT molecular complexity index is 619. The molecule has 0 saturated heterocycles. The summed E-state index contributed by atoms with van der Waals surface area (Å²) in [6.07, 6.45) is 0. The lowest BCUT2D eigenvalue weighted by Crippen LogP contribution is -2.11. The first-order chi connectivity index (χ1) is 9.49. The molecule has 4 heteroatoms. The van der Waals surface area contributed by atoms with E-state index < -0.39 is 0 Å². The highest BCUT2D eigenvalue weighted by molar-refractivity contribution is 7.10. The molecule has 108 valence electrons. The molecule has 1 atom stereocenters. The van der Waals surface area contributed by atoms with Crippen LogP contribution in [0, 0.1) is 20.8 Å². The summed E-state index contributed by atoms with van der Waals surface area (Å²) in [6, 6.07) is 2.46. The van der Waals surface area contributed by atoms with Crippen LogP contribution in [0.3, 0.4) is 0 Å². The Hall–Kier alpha value is -1.39. The zero-order valence-electron chi connectivity index (χ0n) is 13.0. The first kappa shape index (κ1) is 15.0. The molecule has 0 spiro atoms. The molecule has 0 saturated carbocycles. The quantitative estimate of drug-likeness (QED) is 0.923. The number of aryl methyl sites for hydroxylation is 1. The Kier molecular flexibility index (Phi) is 4.45. The van der Waals surface area contributed by atoms with Crippen molar-refractivity contribution in [3.63, 3.8) is 0 Å². The number of rotatable bonds is 4. The van der Waals surface area contributed by atoms with E-state index in [1.54, 1.807) is 18.4 Å². The zero-order valence-corrected chi connectivity index (χ0v) is 13.8. The third kappa shape index (κ3) is 2.58. The van der Waals surface area contributed by atoms with Gasteiger partial charge >= 0.3 is 0 Å². The smallest absolute Gasteiger partial charge is 0.124 e. The zero-order chi connectivity index (χ0) is 14.9. The largest absolute Gasteiger partial charge is 0.496 e. The van der Waals surface area contributed by atoms with Crippen LogP contribution < -0.4 is 10.1 Å². The third-order valence-electron chi connectivity index (χ3n) is 3.83. The van der Waals surface area contributed by atoms with Crippen LogP contribution in [0.15, 0.2) is 11.4 Å². The van der Waals surface area contributed by atoms with Crippen molar-refractivity contribution < 1.29 is 4.74 Å². The second kappa shape index (κ2) is 5.94. The van der Waals surface area contributed by atoms with E-state index in [4.69, 9.17) is 9.72 Å². The van der Waals surface area contributed by atoms with Crippen molar-refractivity contribution in [3.05, 3.63) is 33.1 Å². The summed E-state index contributed by atoms with van der Waals surface area (Å²) >= 11 is 1.70. The molecule has 0 aliphatic carbocycles. The van der Waals surface area contributed by atoms with Gasteiger partial charge in [0.2, 0.25) is 0 Å². The Balaban J connectivity index is 2.51. The Labute approximate surface area is 125 Å². The van der Waals surface area contributed by atoms with Gasteiger partial charge < -0.3 is 10.1 Å².